The number of benzene rings is 1. The van der Waals surface area contributed by atoms with Crippen LogP contribution in [0, 0.1) is 6.92 Å². The Hall–Kier alpha value is -2.63. The van der Waals surface area contributed by atoms with Gasteiger partial charge in [-0.3, -0.25) is 14.7 Å². The van der Waals surface area contributed by atoms with Crippen LogP contribution in [0.3, 0.4) is 0 Å². The van der Waals surface area contributed by atoms with Crippen molar-refractivity contribution in [1.82, 2.24) is 15.1 Å². The number of likely N-dealkylation sites (tertiary alicyclic amines) is 1. The number of H-pyrrole nitrogens is 1. The summed E-state index contributed by atoms with van der Waals surface area (Å²) < 4.78 is 0. The molecule has 2 amide bonds. The number of aromatic nitrogens is 2. The Labute approximate surface area is 128 Å². The Bertz CT molecular complexity index is 684. The van der Waals surface area contributed by atoms with Crippen LogP contribution in [0.1, 0.15) is 39.4 Å². The number of hydrogen-bond acceptors (Lipinski definition) is 3. The van der Waals surface area contributed by atoms with Crippen LogP contribution in [-0.4, -0.2) is 40.0 Å². The van der Waals surface area contributed by atoms with Gasteiger partial charge in [0.1, 0.15) is 0 Å². The van der Waals surface area contributed by atoms with Crippen LogP contribution in [0.25, 0.3) is 0 Å². The van der Waals surface area contributed by atoms with Crippen LogP contribution in [0.2, 0.25) is 0 Å². The second-order valence-corrected chi connectivity index (χ2v) is 5.47. The van der Waals surface area contributed by atoms with Gasteiger partial charge < -0.3 is 10.2 Å². The van der Waals surface area contributed by atoms with Gasteiger partial charge in [0.25, 0.3) is 11.8 Å². The largest absolute Gasteiger partial charge is 0.339 e. The molecule has 2 heterocycles. The third-order valence-corrected chi connectivity index (χ3v) is 3.72. The van der Waals surface area contributed by atoms with E-state index < -0.39 is 0 Å². The van der Waals surface area contributed by atoms with Gasteiger partial charge in [0.15, 0.2) is 5.69 Å². The molecule has 114 valence electrons. The second-order valence-electron chi connectivity index (χ2n) is 5.47. The fourth-order valence-electron chi connectivity index (χ4n) is 2.53. The van der Waals surface area contributed by atoms with Crippen molar-refractivity contribution in [2.24, 2.45) is 0 Å². The van der Waals surface area contributed by atoms with Crippen molar-refractivity contribution >= 4 is 17.5 Å². The lowest BCUT2D eigenvalue weighted by Gasteiger charge is -2.15. The first-order chi connectivity index (χ1) is 10.6. The third-order valence-electron chi connectivity index (χ3n) is 3.72. The molecule has 0 atom stereocenters. The van der Waals surface area contributed by atoms with E-state index in [9.17, 15) is 9.59 Å². The summed E-state index contributed by atoms with van der Waals surface area (Å²) in [4.78, 5) is 26.1. The number of amides is 2. The average Bonchev–Trinajstić information content (AvgIpc) is 3.18. The first-order valence-electron chi connectivity index (χ1n) is 7.36. The van der Waals surface area contributed by atoms with Crippen LogP contribution in [0.5, 0.6) is 0 Å². The molecular formula is C16H18N4O2. The summed E-state index contributed by atoms with van der Waals surface area (Å²) in [7, 11) is 0. The van der Waals surface area contributed by atoms with Gasteiger partial charge in [0, 0.05) is 30.0 Å². The molecule has 1 saturated heterocycles. The molecule has 1 aromatic carbocycles. The van der Waals surface area contributed by atoms with E-state index in [2.05, 4.69) is 15.5 Å². The molecule has 2 N–H and O–H groups in total. The Morgan fingerprint density at radius 2 is 1.86 bits per heavy atom. The molecule has 6 nitrogen and oxygen atoms in total. The first kappa shape index (κ1) is 14.3. The summed E-state index contributed by atoms with van der Waals surface area (Å²) in [6.07, 6.45) is 2.14. The highest BCUT2D eigenvalue weighted by Crippen LogP contribution is 2.16. The second kappa shape index (κ2) is 6.01. The SMILES string of the molecule is Cc1cc(C(=O)Nc2ccc(C(=O)N3CCCC3)cc2)n[nH]1. The van der Waals surface area contributed by atoms with Gasteiger partial charge in [0.05, 0.1) is 0 Å². The Balaban J connectivity index is 1.66. The minimum absolute atomic E-state index is 0.0540. The van der Waals surface area contributed by atoms with Gasteiger partial charge in [-0.2, -0.15) is 5.10 Å². The topological polar surface area (TPSA) is 78.1 Å². The zero-order valence-corrected chi connectivity index (χ0v) is 12.4. The lowest BCUT2D eigenvalue weighted by molar-refractivity contribution is 0.0792. The third kappa shape index (κ3) is 3.00. The molecule has 0 unspecified atom stereocenters. The maximum atomic E-state index is 12.2. The van der Waals surface area contributed by atoms with Crippen molar-refractivity contribution in [3.05, 3.63) is 47.3 Å². The lowest BCUT2D eigenvalue weighted by Crippen LogP contribution is -2.27. The fourth-order valence-corrected chi connectivity index (χ4v) is 2.53. The molecule has 0 radical (unpaired) electrons. The summed E-state index contributed by atoms with van der Waals surface area (Å²) in [5, 5.41) is 9.40. The number of carbonyl (C=O) groups is 2. The van der Waals surface area contributed by atoms with E-state index in [1.54, 1.807) is 30.3 Å². The van der Waals surface area contributed by atoms with Crippen molar-refractivity contribution in [2.45, 2.75) is 19.8 Å². The number of carbonyl (C=O) groups excluding carboxylic acids is 2. The number of nitrogens with zero attached hydrogens (tertiary/aromatic N) is 2. The van der Waals surface area contributed by atoms with Crippen molar-refractivity contribution in [3.63, 3.8) is 0 Å². The van der Waals surface area contributed by atoms with Crippen molar-refractivity contribution in [2.75, 3.05) is 18.4 Å². The maximum Gasteiger partial charge on any atom is 0.276 e. The minimum Gasteiger partial charge on any atom is -0.339 e. The highest BCUT2D eigenvalue weighted by atomic mass is 16.2. The predicted molar refractivity (Wildman–Crippen MR) is 82.9 cm³/mol. The smallest absolute Gasteiger partial charge is 0.276 e. The minimum atomic E-state index is -0.275. The zero-order valence-electron chi connectivity index (χ0n) is 12.4. The Morgan fingerprint density at radius 1 is 1.18 bits per heavy atom. The highest BCUT2D eigenvalue weighted by molar-refractivity contribution is 6.03. The number of aryl methyl sites for hydroxylation is 1. The Kier molecular flexibility index (Phi) is 3.91. The zero-order chi connectivity index (χ0) is 15.5. The van der Waals surface area contributed by atoms with E-state index in [0.29, 0.717) is 16.9 Å². The average molecular weight is 298 g/mol. The molecule has 1 fully saturated rings. The summed E-state index contributed by atoms with van der Waals surface area (Å²) in [5.41, 5.74) is 2.46. The first-order valence-corrected chi connectivity index (χ1v) is 7.36. The van der Waals surface area contributed by atoms with E-state index >= 15 is 0 Å². The van der Waals surface area contributed by atoms with Crippen molar-refractivity contribution in [1.29, 1.82) is 0 Å². The molecule has 0 bridgehead atoms. The number of anilines is 1. The summed E-state index contributed by atoms with van der Waals surface area (Å²) in [5.74, 6) is -0.221. The maximum absolute atomic E-state index is 12.2. The van der Waals surface area contributed by atoms with Gasteiger partial charge in [-0.25, -0.2) is 0 Å². The van der Waals surface area contributed by atoms with E-state index in [0.717, 1.165) is 31.6 Å². The molecule has 0 saturated carbocycles. The van der Waals surface area contributed by atoms with Gasteiger partial charge in [-0.05, 0) is 50.1 Å². The van der Waals surface area contributed by atoms with E-state index in [1.807, 2.05) is 11.8 Å². The van der Waals surface area contributed by atoms with Crippen LogP contribution in [0.15, 0.2) is 30.3 Å². The summed E-state index contributed by atoms with van der Waals surface area (Å²) >= 11 is 0. The van der Waals surface area contributed by atoms with Gasteiger partial charge in [-0.15, -0.1) is 0 Å². The molecule has 22 heavy (non-hydrogen) atoms. The Morgan fingerprint density at radius 3 is 2.45 bits per heavy atom. The van der Waals surface area contributed by atoms with E-state index in [-0.39, 0.29) is 11.8 Å². The molecule has 0 spiro atoms. The summed E-state index contributed by atoms with van der Waals surface area (Å²) in [6, 6.07) is 8.64. The number of hydrogen-bond donors (Lipinski definition) is 2. The molecule has 1 aromatic heterocycles. The van der Waals surface area contributed by atoms with Gasteiger partial charge in [-0.1, -0.05) is 0 Å². The molecule has 6 heteroatoms. The number of nitrogens with one attached hydrogen (secondary N) is 2. The monoisotopic (exact) mass is 298 g/mol. The van der Waals surface area contributed by atoms with Crippen LogP contribution in [0.4, 0.5) is 5.69 Å². The molecular weight excluding hydrogens is 280 g/mol. The van der Waals surface area contributed by atoms with Crippen molar-refractivity contribution < 1.29 is 9.59 Å². The van der Waals surface area contributed by atoms with Crippen LogP contribution < -0.4 is 5.32 Å². The fraction of sp³-hybridized carbons (Fsp3) is 0.312. The quantitative estimate of drug-likeness (QED) is 0.912. The number of aromatic amines is 1. The van der Waals surface area contributed by atoms with Crippen LogP contribution in [-0.2, 0) is 0 Å². The van der Waals surface area contributed by atoms with E-state index in [1.165, 1.54) is 0 Å². The predicted octanol–water partition coefficient (Wildman–Crippen LogP) is 2.21. The lowest BCUT2D eigenvalue weighted by atomic mass is 10.2. The number of rotatable bonds is 3. The van der Waals surface area contributed by atoms with Gasteiger partial charge in [0.2, 0.25) is 0 Å². The highest BCUT2D eigenvalue weighted by Gasteiger charge is 2.19. The molecule has 3 rings (SSSR count). The normalized spacial score (nSPS) is 14.1. The van der Waals surface area contributed by atoms with Crippen LogP contribution >= 0.6 is 0 Å². The van der Waals surface area contributed by atoms with E-state index in [4.69, 9.17) is 0 Å². The van der Waals surface area contributed by atoms with Gasteiger partial charge >= 0.3 is 0 Å². The molecule has 1 aliphatic rings. The molecule has 0 aliphatic carbocycles. The standard InChI is InChI=1S/C16H18N4O2/c1-11-10-14(19-18-11)15(21)17-13-6-4-12(5-7-13)16(22)20-8-2-3-9-20/h4-7,10H,2-3,8-9H2,1H3,(H,17,21)(H,18,19). The van der Waals surface area contributed by atoms with Crippen molar-refractivity contribution in [3.8, 4) is 0 Å². The molecule has 1 aliphatic heterocycles. The molecule has 2 aromatic rings. The summed E-state index contributed by atoms with van der Waals surface area (Å²) in [6.45, 7) is 3.49.